The van der Waals surface area contributed by atoms with Gasteiger partial charge in [0.15, 0.2) is 12.6 Å². The Hall–Kier alpha value is -2.59. The summed E-state index contributed by atoms with van der Waals surface area (Å²) in [5.41, 5.74) is 0.938. The number of carbonyl (C=O) groups is 3. The molecule has 2 saturated heterocycles. The van der Waals surface area contributed by atoms with E-state index in [2.05, 4.69) is 79.5 Å². The lowest BCUT2D eigenvalue weighted by Gasteiger charge is -2.44. The van der Waals surface area contributed by atoms with E-state index in [1.165, 1.54) is 0 Å². The van der Waals surface area contributed by atoms with Crippen LogP contribution in [0.15, 0.2) is 22.7 Å². The summed E-state index contributed by atoms with van der Waals surface area (Å²) in [6.45, 7) is 27.1. The maximum absolute atomic E-state index is 12.3. The van der Waals surface area contributed by atoms with Crippen LogP contribution in [0.2, 0.25) is 0 Å². The number of aldehydes is 1. The number of nitrogens with zero attached hydrogens (tertiary/aromatic N) is 2. The van der Waals surface area contributed by atoms with Crippen molar-refractivity contribution in [3.63, 3.8) is 0 Å². The second-order valence-corrected chi connectivity index (χ2v) is 20.3. The number of aliphatic hydroxyl groups is 1. The molecule has 0 aliphatic carbocycles. The standard InChI is InChI=1S/C24H43NO6.C24H41NO6/c2*1-14(13-26)10-15(2)20(12-21-18(5)22(27)31-24(6,7)30-21)29-23-17(4)19(25(8)9)11-16(3)28-23/h14-17,19-20,23,26H,10-13H2,1-9H3;13-17,19-20,23H,10-12H2,1-9H3/t2*14-,15+,16?,17?,19?,20-,23+/m11/s1. The molecule has 0 radical (unpaired) electrons. The Morgan fingerprint density at radius 3 is 1.39 bits per heavy atom. The molecule has 0 saturated carbocycles. The molecule has 14 heteroatoms. The molecule has 62 heavy (non-hydrogen) atoms. The molecule has 0 amide bonds. The summed E-state index contributed by atoms with van der Waals surface area (Å²) in [5, 5.41) is 9.56. The molecule has 4 heterocycles. The Morgan fingerprint density at radius 2 is 1.05 bits per heavy atom. The molecular formula is C48H84N2O12. The highest BCUT2D eigenvalue weighted by Crippen LogP contribution is 2.38. The second-order valence-electron chi connectivity index (χ2n) is 20.3. The van der Waals surface area contributed by atoms with Crippen molar-refractivity contribution in [2.75, 3.05) is 34.8 Å². The van der Waals surface area contributed by atoms with E-state index in [0.717, 1.165) is 25.5 Å². The predicted octanol–water partition coefficient (Wildman–Crippen LogP) is 7.61. The maximum Gasteiger partial charge on any atom is 0.340 e. The molecule has 4 rings (SSSR count). The van der Waals surface area contributed by atoms with Crippen LogP contribution in [0.3, 0.4) is 0 Å². The van der Waals surface area contributed by atoms with Gasteiger partial charge in [0.25, 0.3) is 0 Å². The molecule has 358 valence electrons. The molecule has 2 fully saturated rings. The van der Waals surface area contributed by atoms with Gasteiger partial charge in [-0.25, -0.2) is 9.59 Å². The van der Waals surface area contributed by atoms with E-state index < -0.39 is 11.6 Å². The summed E-state index contributed by atoms with van der Waals surface area (Å²) >= 11 is 0. The molecule has 0 aromatic rings. The van der Waals surface area contributed by atoms with Gasteiger partial charge in [-0.2, -0.15) is 0 Å². The topological polar surface area (TPSA) is 152 Å². The first kappa shape index (κ1) is 53.7. The van der Waals surface area contributed by atoms with E-state index in [-0.39, 0.29) is 91.0 Å². The summed E-state index contributed by atoms with van der Waals surface area (Å²) in [6, 6.07) is 0.710. The molecule has 0 spiro atoms. The van der Waals surface area contributed by atoms with E-state index >= 15 is 0 Å². The lowest BCUT2D eigenvalue weighted by atomic mass is 9.89. The Kier molecular flexibility index (Phi) is 20.0. The van der Waals surface area contributed by atoms with Crippen molar-refractivity contribution in [3.8, 4) is 0 Å². The van der Waals surface area contributed by atoms with Crippen LogP contribution in [-0.4, -0.2) is 129 Å². The minimum atomic E-state index is -1.02. The fraction of sp³-hybridized carbons (Fsp3) is 0.854. The van der Waals surface area contributed by atoms with Crippen molar-refractivity contribution in [2.45, 2.75) is 196 Å². The summed E-state index contributed by atoms with van der Waals surface area (Å²) in [6.07, 6.45) is 4.21. The van der Waals surface area contributed by atoms with Gasteiger partial charge in [-0.15, -0.1) is 0 Å². The number of cyclic esters (lactones) is 2. The number of rotatable bonds is 18. The zero-order valence-electron chi connectivity index (χ0n) is 41.4. The fourth-order valence-electron chi connectivity index (χ4n) is 9.10. The Labute approximate surface area is 373 Å². The first-order valence-electron chi connectivity index (χ1n) is 22.9. The van der Waals surface area contributed by atoms with Gasteiger partial charge in [0.1, 0.15) is 17.8 Å². The maximum atomic E-state index is 12.3. The van der Waals surface area contributed by atoms with Crippen molar-refractivity contribution in [1.29, 1.82) is 0 Å². The summed E-state index contributed by atoms with van der Waals surface area (Å²) in [7, 11) is 8.35. The van der Waals surface area contributed by atoms with Gasteiger partial charge in [0.05, 0.1) is 35.6 Å². The van der Waals surface area contributed by atoms with E-state index in [0.29, 0.717) is 54.0 Å². The normalized spacial score (nSPS) is 31.7. The fourth-order valence-corrected chi connectivity index (χ4v) is 9.10. The van der Waals surface area contributed by atoms with Crippen LogP contribution in [-0.2, 0) is 52.3 Å². The van der Waals surface area contributed by atoms with Crippen molar-refractivity contribution in [3.05, 3.63) is 22.7 Å². The van der Waals surface area contributed by atoms with E-state index in [1.54, 1.807) is 41.5 Å². The highest BCUT2D eigenvalue weighted by atomic mass is 16.7. The minimum Gasteiger partial charge on any atom is -0.457 e. The highest BCUT2D eigenvalue weighted by molar-refractivity contribution is 5.89. The monoisotopic (exact) mass is 881 g/mol. The smallest absolute Gasteiger partial charge is 0.340 e. The van der Waals surface area contributed by atoms with Crippen molar-refractivity contribution >= 4 is 18.2 Å². The molecule has 0 aromatic heterocycles. The van der Waals surface area contributed by atoms with Crippen molar-refractivity contribution in [1.82, 2.24) is 9.80 Å². The quantitative estimate of drug-likeness (QED) is 0.106. The molecule has 14 nitrogen and oxygen atoms in total. The molecule has 14 atom stereocenters. The Morgan fingerprint density at radius 1 is 0.677 bits per heavy atom. The van der Waals surface area contributed by atoms with Crippen LogP contribution in [0.4, 0.5) is 0 Å². The molecule has 0 aromatic carbocycles. The highest BCUT2D eigenvalue weighted by Gasteiger charge is 2.43. The molecule has 4 aliphatic heterocycles. The van der Waals surface area contributed by atoms with Crippen LogP contribution >= 0.6 is 0 Å². The van der Waals surface area contributed by atoms with Crippen LogP contribution in [0.1, 0.15) is 135 Å². The van der Waals surface area contributed by atoms with Gasteiger partial charge in [-0.1, -0.05) is 41.5 Å². The van der Waals surface area contributed by atoms with Gasteiger partial charge in [-0.05, 0) is 99.3 Å². The van der Waals surface area contributed by atoms with Gasteiger partial charge in [-0.3, -0.25) is 0 Å². The SMILES string of the molecule is CC1=C(C[C@@H](O[C@@H]2OC(C)CC(N(C)C)C2C)[C@@H](C)C[C@@H](C)C=O)OC(C)(C)OC1=O.CC1=C(C[C@@H](O[C@@H]2OC(C)CC(N(C)C)C2C)[C@@H](C)C[C@@H](C)CO)OC(C)(C)OC1=O. The number of ether oxygens (including phenoxy) is 8. The van der Waals surface area contributed by atoms with E-state index in [4.69, 9.17) is 37.9 Å². The Bertz CT molecular complexity index is 1540. The average Bonchev–Trinajstić information content (AvgIpc) is 3.16. The van der Waals surface area contributed by atoms with Crippen LogP contribution in [0, 0.1) is 35.5 Å². The molecule has 1 N–H and O–H groups in total. The molecule has 0 bridgehead atoms. The van der Waals surface area contributed by atoms with Crippen LogP contribution < -0.4 is 0 Å². The van der Waals surface area contributed by atoms with E-state index in [1.807, 2.05) is 13.8 Å². The third-order valence-corrected chi connectivity index (χ3v) is 12.9. The number of esters is 2. The zero-order chi connectivity index (χ0) is 47.0. The predicted molar refractivity (Wildman–Crippen MR) is 237 cm³/mol. The average molecular weight is 881 g/mol. The second kappa shape index (κ2) is 23.0. The molecule has 6 unspecified atom stereocenters. The largest absolute Gasteiger partial charge is 0.457 e. The van der Waals surface area contributed by atoms with Gasteiger partial charge >= 0.3 is 11.9 Å². The molecular weight excluding hydrogens is 797 g/mol. The van der Waals surface area contributed by atoms with Gasteiger partial charge in [0, 0.05) is 77.0 Å². The summed E-state index contributed by atoms with van der Waals surface area (Å²) in [5.74, 6) is -0.917. The number of aliphatic hydroxyl groups excluding tert-OH is 1. The van der Waals surface area contributed by atoms with E-state index in [9.17, 15) is 19.5 Å². The molecule has 4 aliphatic rings. The minimum absolute atomic E-state index is 0.0657. The number of hydrogen-bond acceptors (Lipinski definition) is 14. The first-order valence-corrected chi connectivity index (χ1v) is 22.9. The van der Waals surface area contributed by atoms with Crippen LogP contribution in [0.5, 0.6) is 0 Å². The van der Waals surface area contributed by atoms with Crippen molar-refractivity contribution < 1.29 is 57.4 Å². The third kappa shape index (κ3) is 15.3. The number of hydrogen-bond donors (Lipinski definition) is 1. The number of carbonyl (C=O) groups excluding carboxylic acids is 3. The summed E-state index contributed by atoms with van der Waals surface area (Å²) < 4.78 is 48.3. The van der Waals surface area contributed by atoms with Crippen molar-refractivity contribution in [2.24, 2.45) is 35.5 Å². The van der Waals surface area contributed by atoms with Gasteiger partial charge in [0.2, 0.25) is 11.6 Å². The van der Waals surface area contributed by atoms with Gasteiger partial charge < -0.3 is 57.6 Å². The third-order valence-electron chi connectivity index (χ3n) is 12.9. The first-order chi connectivity index (χ1) is 28.7. The summed E-state index contributed by atoms with van der Waals surface area (Å²) in [4.78, 5) is 40.4. The van der Waals surface area contributed by atoms with Crippen LogP contribution in [0.25, 0.3) is 0 Å². The zero-order valence-corrected chi connectivity index (χ0v) is 41.4. The Balaban J connectivity index is 0.000000330. The lowest BCUT2D eigenvalue weighted by molar-refractivity contribution is -0.257. The lowest BCUT2D eigenvalue weighted by Crippen LogP contribution is -2.50.